The molecule has 1 rings (SSSR count). The lowest BCUT2D eigenvalue weighted by molar-refractivity contribution is -0.0221. The molecule has 0 aromatic carbocycles. The van der Waals surface area contributed by atoms with E-state index in [9.17, 15) is 0 Å². The van der Waals surface area contributed by atoms with Gasteiger partial charge in [-0.2, -0.15) is 4.98 Å². The Hall–Kier alpha value is -0.940. The van der Waals surface area contributed by atoms with Crippen LogP contribution in [0.25, 0.3) is 0 Å². The lowest BCUT2D eigenvalue weighted by Crippen LogP contribution is -2.32. The van der Waals surface area contributed by atoms with Gasteiger partial charge >= 0.3 is 0 Å². The molecule has 0 bridgehead atoms. The number of likely N-dealkylation sites (N-methyl/N-ethyl adjacent to an activating group) is 1. The highest BCUT2D eigenvalue weighted by molar-refractivity contribution is 4.98. The van der Waals surface area contributed by atoms with Crippen molar-refractivity contribution in [1.29, 1.82) is 0 Å². The number of hydrogen-bond acceptors (Lipinski definition) is 5. The van der Waals surface area contributed by atoms with E-state index in [2.05, 4.69) is 36.2 Å². The van der Waals surface area contributed by atoms with E-state index in [1.165, 1.54) is 0 Å². The highest BCUT2D eigenvalue weighted by Gasteiger charge is 2.27. The minimum atomic E-state index is -0.498. The maximum Gasteiger partial charge on any atom is 0.228 e. The summed E-state index contributed by atoms with van der Waals surface area (Å²) in [4.78, 5) is 4.49. The first-order chi connectivity index (χ1) is 9.39. The molecule has 1 N–H and O–H groups in total. The van der Waals surface area contributed by atoms with Gasteiger partial charge in [0, 0.05) is 19.1 Å². The summed E-state index contributed by atoms with van der Waals surface area (Å²) in [6, 6.07) is 0.378. The molecule has 0 aliphatic rings. The van der Waals surface area contributed by atoms with Crippen molar-refractivity contribution >= 4 is 0 Å². The summed E-state index contributed by atoms with van der Waals surface area (Å²) in [6.45, 7) is 14.0. The highest BCUT2D eigenvalue weighted by Crippen LogP contribution is 2.22. The maximum atomic E-state index is 5.65. The molecule has 1 unspecified atom stereocenters. The van der Waals surface area contributed by atoms with Gasteiger partial charge in [-0.15, -0.1) is 0 Å². The van der Waals surface area contributed by atoms with Crippen LogP contribution in [0.3, 0.4) is 0 Å². The van der Waals surface area contributed by atoms with Crippen LogP contribution in [0.4, 0.5) is 0 Å². The Morgan fingerprint density at radius 3 is 2.55 bits per heavy atom. The van der Waals surface area contributed by atoms with Crippen LogP contribution in [0.2, 0.25) is 0 Å². The summed E-state index contributed by atoms with van der Waals surface area (Å²) >= 11 is 0. The second-order valence-corrected chi connectivity index (χ2v) is 6.04. The molecule has 0 aliphatic carbocycles. The molecule has 1 aromatic heterocycles. The fraction of sp³-hybridized carbons (Fsp3) is 0.867. The zero-order valence-electron chi connectivity index (χ0n) is 13.7. The summed E-state index contributed by atoms with van der Waals surface area (Å²) in [5.74, 6) is 1.94. The largest absolute Gasteiger partial charge is 0.368 e. The van der Waals surface area contributed by atoms with Gasteiger partial charge in [-0.25, -0.2) is 0 Å². The van der Waals surface area contributed by atoms with Crippen LogP contribution >= 0.6 is 0 Å². The standard InChI is InChI=1S/C15H29N3O2/c1-7-16-12(9-11(3)4)10-13-17-14(18-20-13)15(5,6)19-8-2/h11-12,16H,7-10H2,1-6H3. The molecule has 0 fully saturated rings. The maximum absolute atomic E-state index is 5.65. The van der Waals surface area contributed by atoms with Gasteiger partial charge in [0.1, 0.15) is 5.60 Å². The zero-order valence-corrected chi connectivity index (χ0v) is 13.7. The van der Waals surface area contributed by atoms with Crippen molar-refractivity contribution in [2.75, 3.05) is 13.2 Å². The van der Waals surface area contributed by atoms with Gasteiger partial charge in [0.25, 0.3) is 0 Å². The minimum Gasteiger partial charge on any atom is -0.368 e. The van der Waals surface area contributed by atoms with E-state index in [0.717, 1.165) is 19.4 Å². The SMILES string of the molecule is CCNC(Cc1nc(C(C)(C)OCC)no1)CC(C)C. The van der Waals surface area contributed by atoms with Gasteiger partial charge in [0.2, 0.25) is 11.7 Å². The molecular formula is C15H29N3O2. The molecule has 1 atom stereocenters. The average Bonchev–Trinajstić information content (AvgIpc) is 2.77. The van der Waals surface area contributed by atoms with Crippen molar-refractivity contribution in [2.24, 2.45) is 5.92 Å². The number of hydrogen-bond donors (Lipinski definition) is 1. The normalized spacial score (nSPS) is 13.9. The topological polar surface area (TPSA) is 60.2 Å². The second kappa shape index (κ2) is 7.74. The molecule has 0 aliphatic heterocycles. The Morgan fingerprint density at radius 2 is 2.00 bits per heavy atom. The van der Waals surface area contributed by atoms with E-state index < -0.39 is 5.60 Å². The Bertz CT molecular complexity index is 388. The Kier molecular flexibility index (Phi) is 6.62. The second-order valence-electron chi connectivity index (χ2n) is 6.04. The molecule has 0 radical (unpaired) electrons. The monoisotopic (exact) mass is 283 g/mol. The molecule has 5 nitrogen and oxygen atoms in total. The van der Waals surface area contributed by atoms with Gasteiger partial charge in [-0.05, 0) is 39.7 Å². The summed E-state index contributed by atoms with van der Waals surface area (Å²) in [7, 11) is 0. The van der Waals surface area contributed by atoms with E-state index in [1.807, 2.05) is 20.8 Å². The number of rotatable bonds is 9. The molecule has 1 heterocycles. The van der Waals surface area contributed by atoms with Gasteiger partial charge in [-0.1, -0.05) is 25.9 Å². The van der Waals surface area contributed by atoms with Crippen LogP contribution in [0.1, 0.15) is 59.7 Å². The summed E-state index contributed by atoms with van der Waals surface area (Å²) in [6.07, 6.45) is 1.86. The van der Waals surface area contributed by atoms with E-state index in [0.29, 0.717) is 30.3 Å². The molecule has 0 amide bonds. The van der Waals surface area contributed by atoms with Crippen molar-refractivity contribution in [1.82, 2.24) is 15.5 Å². The first kappa shape index (κ1) is 17.1. The van der Waals surface area contributed by atoms with Gasteiger partial charge < -0.3 is 14.6 Å². The van der Waals surface area contributed by atoms with Gasteiger partial charge in [0.05, 0.1) is 0 Å². The summed E-state index contributed by atoms with van der Waals surface area (Å²) in [5, 5.41) is 7.54. The third-order valence-electron chi connectivity index (χ3n) is 3.18. The van der Waals surface area contributed by atoms with E-state index in [1.54, 1.807) is 0 Å². The lowest BCUT2D eigenvalue weighted by Gasteiger charge is -2.20. The fourth-order valence-electron chi connectivity index (χ4n) is 2.32. The van der Waals surface area contributed by atoms with E-state index in [4.69, 9.17) is 9.26 Å². The number of ether oxygens (including phenoxy) is 1. The minimum absolute atomic E-state index is 0.378. The van der Waals surface area contributed by atoms with E-state index >= 15 is 0 Å². The Morgan fingerprint density at radius 1 is 1.30 bits per heavy atom. The van der Waals surface area contributed by atoms with Crippen LogP contribution in [0.5, 0.6) is 0 Å². The zero-order chi connectivity index (χ0) is 15.2. The highest BCUT2D eigenvalue weighted by atomic mass is 16.5. The summed E-state index contributed by atoms with van der Waals surface area (Å²) < 4.78 is 11.0. The van der Waals surface area contributed by atoms with Gasteiger partial charge in [0.15, 0.2) is 0 Å². The Balaban J connectivity index is 2.70. The van der Waals surface area contributed by atoms with Crippen LogP contribution in [-0.4, -0.2) is 29.3 Å². The van der Waals surface area contributed by atoms with Crippen molar-refractivity contribution in [3.8, 4) is 0 Å². The smallest absolute Gasteiger partial charge is 0.228 e. The van der Waals surface area contributed by atoms with Crippen molar-refractivity contribution < 1.29 is 9.26 Å². The van der Waals surface area contributed by atoms with Crippen molar-refractivity contribution in [3.63, 3.8) is 0 Å². The third kappa shape index (κ3) is 5.21. The van der Waals surface area contributed by atoms with E-state index in [-0.39, 0.29) is 0 Å². The van der Waals surface area contributed by atoms with Crippen LogP contribution in [0.15, 0.2) is 4.52 Å². The molecule has 0 spiro atoms. The lowest BCUT2D eigenvalue weighted by atomic mass is 10.0. The molecule has 116 valence electrons. The molecule has 0 saturated heterocycles. The van der Waals surface area contributed by atoms with Crippen LogP contribution in [-0.2, 0) is 16.8 Å². The number of aromatic nitrogens is 2. The number of nitrogens with one attached hydrogen (secondary N) is 1. The molecule has 1 aromatic rings. The van der Waals surface area contributed by atoms with Crippen LogP contribution < -0.4 is 5.32 Å². The molecular weight excluding hydrogens is 254 g/mol. The third-order valence-corrected chi connectivity index (χ3v) is 3.18. The number of nitrogens with zero attached hydrogens (tertiary/aromatic N) is 2. The van der Waals surface area contributed by atoms with Crippen LogP contribution in [0, 0.1) is 5.92 Å². The first-order valence-electron chi connectivity index (χ1n) is 7.59. The predicted octanol–water partition coefficient (Wildman–Crippen LogP) is 2.91. The quantitative estimate of drug-likeness (QED) is 0.755. The average molecular weight is 283 g/mol. The molecule has 5 heteroatoms. The van der Waals surface area contributed by atoms with Crippen molar-refractivity contribution in [3.05, 3.63) is 11.7 Å². The first-order valence-corrected chi connectivity index (χ1v) is 7.59. The van der Waals surface area contributed by atoms with Gasteiger partial charge in [-0.3, -0.25) is 0 Å². The summed E-state index contributed by atoms with van der Waals surface area (Å²) in [5.41, 5.74) is -0.498. The molecule has 20 heavy (non-hydrogen) atoms. The van der Waals surface area contributed by atoms with Crippen molar-refractivity contribution in [2.45, 2.75) is 66.0 Å². The molecule has 0 saturated carbocycles. The Labute approximate surface area is 122 Å². The predicted molar refractivity (Wildman–Crippen MR) is 79.6 cm³/mol. The fourth-order valence-corrected chi connectivity index (χ4v) is 2.32.